The second kappa shape index (κ2) is 10.6. The van der Waals surface area contributed by atoms with Crippen molar-refractivity contribution < 1.29 is 4.79 Å². The molecule has 0 saturated heterocycles. The number of amides is 1. The molecule has 1 amide bonds. The number of aromatic amines is 1. The fourth-order valence-electron chi connectivity index (χ4n) is 4.29. The molecule has 1 unspecified atom stereocenters. The van der Waals surface area contributed by atoms with Gasteiger partial charge in [0, 0.05) is 29.6 Å². The summed E-state index contributed by atoms with van der Waals surface area (Å²) in [6.45, 7) is 3.13. The van der Waals surface area contributed by atoms with Crippen LogP contribution in [0.25, 0.3) is 10.9 Å². The number of benzene rings is 3. The van der Waals surface area contributed by atoms with Gasteiger partial charge >= 0.3 is 0 Å². The predicted molar refractivity (Wildman–Crippen MR) is 141 cm³/mol. The summed E-state index contributed by atoms with van der Waals surface area (Å²) >= 11 is 1.41. The molecule has 5 rings (SSSR count). The Kier molecular flexibility index (Phi) is 6.95. The number of para-hydroxylation sites is 1. The van der Waals surface area contributed by atoms with Crippen molar-refractivity contribution in [3.63, 3.8) is 0 Å². The average molecular weight is 482 g/mol. The van der Waals surface area contributed by atoms with Gasteiger partial charge in [-0.2, -0.15) is 0 Å². The molecule has 0 fully saturated rings. The molecule has 2 N–H and O–H groups in total. The van der Waals surface area contributed by atoms with Gasteiger partial charge in [-0.1, -0.05) is 90.6 Å². The van der Waals surface area contributed by atoms with Crippen LogP contribution in [-0.4, -0.2) is 38.0 Å². The average Bonchev–Trinajstić information content (AvgIpc) is 3.48. The molecular formula is C28H27N5OS. The molecule has 0 aliphatic heterocycles. The molecular weight excluding hydrogens is 454 g/mol. The van der Waals surface area contributed by atoms with E-state index in [1.807, 2.05) is 60.0 Å². The van der Waals surface area contributed by atoms with Crippen molar-refractivity contribution in [3.05, 3.63) is 114 Å². The first-order valence-electron chi connectivity index (χ1n) is 11.6. The molecule has 1 atom stereocenters. The van der Waals surface area contributed by atoms with E-state index in [2.05, 4.69) is 63.1 Å². The lowest BCUT2D eigenvalue weighted by Crippen LogP contribution is -2.30. The quantitative estimate of drug-likeness (QED) is 0.285. The first kappa shape index (κ1) is 22.9. The van der Waals surface area contributed by atoms with E-state index in [0.717, 1.165) is 16.5 Å². The summed E-state index contributed by atoms with van der Waals surface area (Å²) < 4.78 is 2.05. The van der Waals surface area contributed by atoms with Gasteiger partial charge < -0.3 is 14.9 Å². The second-order valence-corrected chi connectivity index (χ2v) is 9.39. The highest BCUT2D eigenvalue weighted by Crippen LogP contribution is 2.30. The topological polar surface area (TPSA) is 75.6 Å². The molecule has 6 nitrogen and oxygen atoms in total. The molecule has 0 spiro atoms. The number of carbonyl (C=O) groups is 1. The zero-order valence-corrected chi connectivity index (χ0v) is 20.3. The Balaban J connectivity index is 1.27. The molecule has 0 bridgehead atoms. The van der Waals surface area contributed by atoms with Gasteiger partial charge in [-0.05, 0) is 29.7 Å². The summed E-state index contributed by atoms with van der Waals surface area (Å²) in [5, 5.41) is 13.6. The zero-order chi connectivity index (χ0) is 24.0. The molecule has 3 aromatic carbocycles. The number of rotatable bonds is 9. The minimum atomic E-state index is -0.0253. The van der Waals surface area contributed by atoms with E-state index >= 15 is 0 Å². The zero-order valence-electron chi connectivity index (χ0n) is 19.5. The number of hydrogen-bond acceptors (Lipinski definition) is 4. The van der Waals surface area contributed by atoms with Gasteiger partial charge in [0.2, 0.25) is 5.91 Å². The number of aryl methyl sites for hydroxylation is 1. The van der Waals surface area contributed by atoms with Crippen molar-refractivity contribution in [2.24, 2.45) is 0 Å². The van der Waals surface area contributed by atoms with Gasteiger partial charge in [0.05, 0.1) is 12.3 Å². The van der Waals surface area contributed by atoms with E-state index in [1.165, 1.54) is 33.8 Å². The summed E-state index contributed by atoms with van der Waals surface area (Å²) in [7, 11) is 0. The monoisotopic (exact) mass is 481 g/mol. The molecule has 7 heteroatoms. The van der Waals surface area contributed by atoms with E-state index < -0.39 is 0 Å². The lowest BCUT2D eigenvalue weighted by molar-refractivity contribution is -0.118. The predicted octanol–water partition coefficient (Wildman–Crippen LogP) is 5.16. The fourth-order valence-corrected chi connectivity index (χ4v) is 5.10. The van der Waals surface area contributed by atoms with Crippen LogP contribution in [0.15, 0.2) is 96.3 Å². The molecule has 0 radical (unpaired) electrons. The highest BCUT2D eigenvalue weighted by molar-refractivity contribution is 7.99. The third-order valence-electron chi connectivity index (χ3n) is 6.12. The summed E-state index contributed by atoms with van der Waals surface area (Å²) in [6.07, 6.45) is 2.05. The minimum Gasteiger partial charge on any atom is -0.361 e. The number of thioether (sulfide) groups is 1. The molecule has 2 aromatic heterocycles. The summed E-state index contributed by atoms with van der Waals surface area (Å²) in [5.74, 6) is 1.13. The molecule has 35 heavy (non-hydrogen) atoms. The largest absolute Gasteiger partial charge is 0.361 e. The first-order chi connectivity index (χ1) is 17.2. The van der Waals surface area contributed by atoms with E-state index in [4.69, 9.17) is 0 Å². The van der Waals surface area contributed by atoms with Crippen molar-refractivity contribution in [1.82, 2.24) is 25.1 Å². The minimum absolute atomic E-state index is 0.0253. The van der Waals surface area contributed by atoms with E-state index in [0.29, 0.717) is 13.1 Å². The third-order valence-corrected chi connectivity index (χ3v) is 7.09. The SMILES string of the molecule is Cc1nnc(SCC(=O)NCC(c2ccccc2)c2c[nH]c3ccccc23)n1Cc1ccccc1. The number of hydrogen-bond donors (Lipinski definition) is 2. The van der Waals surface area contributed by atoms with Crippen molar-refractivity contribution in [1.29, 1.82) is 0 Å². The van der Waals surface area contributed by atoms with E-state index in [1.54, 1.807) is 0 Å². The standard InChI is InChI=1S/C28H27N5OS/c1-20-31-32-28(33(20)18-21-10-4-2-5-11-21)35-19-27(34)30-16-24(22-12-6-3-7-13-22)25-17-29-26-15-9-8-14-23(25)26/h2-15,17,24,29H,16,18-19H2,1H3,(H,30,34). The Labute approximate surface area is 208 Å². The molecule has 5 aromatic rings. The number of nitrogens with one attached hydrogen (secondary N) is 2. The maximum absolute atomic E-state index is 12.9. The number of nitrogens with zero attached hydrogens (tertiary/aromatic N) is 3. The van der Waals surface area contributed by atoms with Crippen LogP contribution in [-0.2, 0) is 11.3 Å². The van der Waals surface area contributed by atoms with E-state index in [-0.39, 0.29) is 17.6 Å². The molecule has 0 aliphatic rings. The van der Waals surface area contributed by atoms with Crippen LogP contribution in [0, 0.1) is 6.92 Å². The lowest BCUT2D eigenvalue weighted by Gasteiger charge is -2.18. The highest BCUT2D eigenvalue weighted by atomic mass is 32.2. The van der Waals surface area contributed by atoms with Crippen molar-refractivity contribution in [2.45, 2.75) is 24.5 Å². The molecule has 0 aliphatic carbocycles. The van der Waals surface area contributed by atoms with Crippen LogP contribution in [0.5, 0.6) is 0 Å². The Morgan fingerprint density at radius 2 is 1.69 bits per heavy atom. The maximum atomic E-state index is 12.9. The maximum Gasteiger partial charge on any atom is 0.230 e. The van der Waals surface area contributed by atoms with E-state index in [9.17, 15) is 4.79 Å². The second-order valence-electron chi connectivity index (χ2n) is 8.45. The van der Waals surface area contributed by atoms with Crippen LogP contribution in [0.4, 0.5) is 0 Å². The van der Waals surface area contributed by atoms with Crippen molar-refractivity contribution in [2.75, 3.05) is 12.3 Å². The Morgan fingerprint density at radius 1 is 0.971 bits per heavy atom. The molecule has 176 valence electrons. The Morgan fingerprint density at radius 3 is 2.49 bits per heavy atom. The number of fused-ring (bicyclic) bond motifs is 1. The number of aromatic nitrogens is 4. The molecule has 2 heterocycles. The van der Waals surface area contributed by atoms with Gasteiger partial charge in [0.25, 0.3) is 0 Å². The number of H-pyrrole nitrogens is 1. The highest BCUT2D eigenvalue weighted by Gasteiger charge is 2.19. The van der Waals surface area contributed by atoms with Crippen molar-refractivity contribution in [3.8, 4) is 0 Å². The fraction of sp³-hybridized carbons (Fsp3) is 0.179. The summed E-state index contributed by atoms with van der Waals surface area (Å²) in [5.41, 5.74) is 4.62. The first-order valence-corrected chi connectivity index (χ1v) is 12.6. The third kappa shape index (κ3) is 5.30. The van der Waals surface area contributed by atoms with Crippen LogP contribution >= 0.6 is 11.8 Å². The van der Waals surface area contributed by atoms with Gasteiger partial charge in [-0.25, -0.2) is 0 Å². The Bertz CT molecular complexity index is 1410. The van der Waals surface area contributed by atoms with Crippen molar-refractivity contribution >= 4 is 28.6 Å². The van der Waals surface area contributed by atoms with Crippen LogP contribution < -0.4 is 5.32 Å². The van der Waals surface area contributed by atoms with Gasteiger partial charge in [0.15, 0.2) is 5.16 Å². The summed E-state index contributed by atoms with van der Waals surface area (Å²) in [6, 6.07) is 28.8. The van der Waals surface area contributed by atoms with Gasteiger partial charge in [0.1, 0.15) is 5.82 Å². The molecule has 0 saturated carbocycles. The summed E-state index contributed by atoms with van der Waals surface area (Å²) in [4.78, 5) is 16.2. The smallest absolute Gasteiger partial charge is 0.230 e. The van der Waals surface area contributed by atoms with Crippen LogP contribution in [0.1, 0.15) is 28.4 Å². The van der Waals surface area contributed by atoms with Crippen LogP contribution in [0.2, 0.25) is 0 Å². The van der Waals surface area contributed by atoms with Gasteiger partial charge in [-0.3, -0.25) is 4.79 Å². The lowest BCUT2D eigenvalue weighted by atomic mass is 9.91. The Hall–Kier alpha value is -3.84. The normalized spacial score (nSPS) is 12.0. The number of carbonyl (C=O) groups excluding carboxylic acids is 1. The van der Waals surface area contributed by atoms with Gasteiger partial charge in [-0.15, -0.1) is 10.2 Å². The van der Waals surface area contributed by atoms with Crippen LogP contribution in [0.3, 0.4) is 0 Å².